The second kappa shape index (κ2) is 9.44. The fourth-order valence-electron chi connectivity index (χ4n) is 3.19. The van der Waals surface area contributed by atoms with Gasteiger partial charge in [0, 0.05) is 74.5 Å². The first-order chi connectivity index (χ1) is 14.3. The molecule has 2 amide bonds. The molecule has 1 aliphatic rings. The zero-order valence-electron chi connectivity index (χ0n) is 16.0. The zero-order valence-corrected chi connectivity index (χ0v) is 16.8. The average Bonchev–Trinajstić information content (AvgIpc) is 3.30. The summed E-state index contributed by atoms with van der Waals surface area (Å²) in [5.41, 5.74) is 1.81. The van der Waals surface area contributed by atoms with Gasteiger partial charge >= 0.3 is 6.03 Å². The second-order valence-electron chi connectivity index (χ2n) is 6.67. The number of rotatable bonds is 6. The van der Waals surface area contributed by atoms with Crippen molar-refractivity contribution in [1.82, 2.24) is 25.2 Å². The zero-order chi connectivity index (χ0) is 19.9. The summed E-state index contributed by atoms with van der Waals surface area (Å²) in [6, 6.07) is 9.34. The number of nitrogens with zero attached hydrogens (tertiary/aromatic N) is 5. The van der Waals surface area contributed by atoms with Crippen LogP contribution in [0.2, 0.25) is 0 Å². The second-order valence-corrected chi connectivity index (χ2v) is 7.57. The number of aromatic nitrogens is 3. The summed E-state index contributed by atoms with van der Waals surface area (Å²) >= 11 is 1.59. The molecule has 0 bridgehead atoms. The van der Waals surface area contributed by atoms with Gasteiger partial charge in [0.15, 0.2) is 0 Å². The minimum Gasteiger partial charge on any atom is -0.338 e. The van der Waals surface area contributed by atoms with Crippen molar-refractivity contribution >= 4 is 29.0 Å². The molecule has 0 unspecified atom stereocenters. The summed E-state index contributed by atoms with van der Waals surface area (Å²) in [4.78, 5) is 29.5. The van der Waals surface area contributed by atoms with E-state index in [1.54, 1.807) is 29.9 Å². The first kappa shape index (κ1) is 19.3. The van der Waals surface area contributed by atoms with Gasteiger partial charge < -0.3 is 15.5 Å². The van der Waals surface area contributed by atoms with Crippen LogP contribution in [0.25, 0.3) is 10.6 Å². The van der Waals surface area contributed by atoms with Crippen molar-refractivity contribution in [3.8, 4) is 10.6 Å². The van der Waals surface area contributed by atoms with Crippen LogP contribution in [0.1, 0.15) is 0 Å². The predicted molar refractivity (Wildman–Crippen MR) is 115 cm³/mol. The van der Waals surface area contributed by atoms with Crippen LogP contribution >= 0.6 is 11.3 Å². The molecule has 0 atom stereocenters. The Morgan fingerprint density at radius 2 is 1.76 bits per heavy atom. The lowest BCUT2D eigenvalue weighted by Crippen LogP contribution is -2.49. The quantitative estimate of drug-likeness (QED) is 0.651. The highest BCUT2D eigenvalue weighted by Crippen LogP contribution is 2.23. The molecule has 0 spiro atoms. The molecule has 1 aliphatic heterocycles. The van der Waals surface area contributed by atoms with E-state index >= 15 is 0 Å². The Hall–Kier alpha value is -3.04. The van der Waals surface area contributed by atoms with Gasteiger partial charge in [-0.2, -0.15) is 0 Å². The van der Waals surface area contributed by atoms with E-state index in [0.29, 0.717) is 6.54 Å². The van der Waals surface area contributed by atoms with E-state index < -0.39 is 0 Å². The van der Waals surface area contributed by atoms with Crippen LogP contribution in [-0.4, -0.2) is 65.2 Å². The number of carbonyl (C=O) groups is 1. The Labute approximate surface area is 173 Å². The maximum Gasteiger partial charge on any atom is 0.319 e. The smallest absolute Gasteiger partial charge is 0.319 e. The average molecular weight is 410 g/mol. The Kier molecular flexibility index (Phi) is 6.28. The molecular formula is C20H23N7OS. The molecule has 1 fully saturated rings. The Bertz CT molecular complexity index is 894. The number of carbonyl (C=O) groups excluding carboxylic acids is 1. The monoisotopic (exact) mass is 409 g/mol. The van der Waals surface area contributed by atoms with E-state index in [1.807, 2.05) is 35.7 Å². The largest absolute Gasteiger partial charge is 0.338 e. The van der Waals surface area contributed by atoms with Crippen LogP contribution < -0.4 is 15.5 Å². The maximum absolute atomic E-state index is 12.1. The van der Waals surface area contributed by atoms with E-state index in [-0.39, 0.29) is 6.03 Å². The first-order valence-corrected chi connectivity index (χ1v) is 10.4. The van der Waals surface area contributed by atoms with Crippen LogP contribution in [-0.2, 0) is 0 Å². The van der Waals surface area contributed by atoms with Gasteiger partial charge in [0.25, 0.3) is 0 Å². The highest BCUT2D eigenvalue weighted by atomic mass is 32.1. The Morgan fingerprint density at radius 1 is 1.00 bits per heavy atom. The molecule has 3 heterocycles. The summed E-state index contributed by atoms with van der Waals surface area (Å²) in [6.07, 6.45) is 5.32. The topological polar surface area (TPSA) is 86.3 Å². The van der Waals surface area contributed by atoms with Crippen molar-refractivity contribution in [1.29, 1.82) is 0 Å². The predicted octanol–water partition coefficient (Wildman–Crippen LogP) is 2.54. The summed E-state index contributed by atoms with van der Waals surface area (Å²) in [5, 5.41) is 8.71. The van der Waals surface area contributed by atoms with Gasteiger partial charge in [-0.3, -0.25) is 4.90 Å². The number of nitrogens with one attached hydrogen (secondary N) is 2. The van der Waals surface area contributed by atoms with Crippen LogP contribution in [0.5, 0.6) is 0 Å². The summed E-state index contributed by atoms with van der Waals surface area (Å²) < 4.78 is 0. The lowest BCUT2D eigenvalue weighted by Gasteiger charge is -2.34. The SMILES string of the molecule is O=C(NCCN1CCN(c2ncccn2)CC1)Nc1ccc(-c2nccs2)cc1. The molecule has 9 heteroatoms. The number of amides is 2. The molecule has 29 heavy (non-hydrogen) atoms. The van der Waals surface area contributed by atoms with Crippen molar-refractivity contribution in [2.24, 2.45) is 0 Å². The number of anilines is 2. The molecule has 150 valence electrons. The third-order valence-electron chi connectivity index (χ3n) is 4.74. The highest BCUT2D eigenvalue weighted by molar-refractivity contribution is 7.13. The normalized spacial score (nSPS) is 14.6. The van der Waals surface area contributed by atoms with Crippen molar-refractivity contribution in [2.45, 2.75) is 0 Å². The van der Waals surface area contributed by atoms with Gasteiger partial charge in [-0.05, 0) is 30.3 Å². The lowest BCUT2D eigenvalue weighted by atomic mass is 10.2. The highest BCUT2D eigenvalue weighted by Gasteiger charge is 2.18. The van der Waals surface area contributed by atoms with Gasteiger partial charge in [-0.25, -0.2) is 19.7 Å². The van der Waals surface area contributed by atoms with E-state index in [0.717, 1.165) is 54.9 Å². The fourth-order valence-corrected chi connectivity index (χ4v) is 3.84. The van der Waals surface area contributed by atoms with Crippen molar-refractivity contribution in [2.75, 3.05) is 49.5 Å². The van der Waals surface area contributed by atoms with Gasteiger partial charge in [0.05, 0.1) is 0 Å². The number of thiazole rings is 1. The number of hydrogen-bond donors (Lipinski definition) is 2. The minimum atomic E-state index is -0.191. The van der Waals surface area contributed by atoms with E-state index in [2.05, 4.69) is 35.4 Å². The third-order valence-corrected chi connectivity index (χ3v) is 5.57. The Morgan fingerprint density at radius 3 is 2.45 bits per heavy atom. The first-order valence-electron chi connectivity index (χ1n) is 9.57. The molecule has 2 aromatic heterocycles. The van der Waals surface area contributed by atoms with Gasteiger partial charge in [0.2, 0.25) is 5.95 Å². The molecule has 4 rings (SSSR count). The number of urea groups is 1. The van der Waals surface area contributed by atoms with Crippen LogP contribution in [0.3, 0.4) is 0 Å². The van der Waals surface area contributed by atoms with E-state index in [9.17, 15) is 4.79 Å². The molecule has 0 saturated carbocycles. The van der Waals surface area contributed by atoms with Crippen molar-refractivity contribution in [3.63, 3.8) is 0 Å². The number of hydrogen-bond acceptors (Lipinski definition) is 7. The Balaban J connectivity index is 1.16. The van der Waals surface area contributed by atoms with Crippen molar-refractivity contribution < 1.29 is 4.79 Å². The molecule has 3 aromatic rings. The number of benzene rings is 1. The van der Waals surface area contributed by atoms with E-state index in [1.165, 1.54) is 0 Å². The molecule has 2 N–H and O–H groups in total. The van der Waals surface area contributed by atoms with Crippen LogP contribution in [0.15, 0.2) is 54.3 Å². The summed E-state index contributed by atoms with van der Waals surface area (Å²) in [7, 11) is 0. The standard InChI is InChI=1S/C20H23N7OS/c28-20(25-17-4-2-16(3-5-17)18-21-9-15-29-18)24-8-10-26-11-13-27(14-12-26)19-22-6-1-7-23-19/h1-7,9,15H,8,10-14H2,(H2,24,25,28). The van der Waals surface area contributed by atoms with Gasteiger partial charge in [0.1, 0.15) is 5.01 Å². The molecule has 1 saturated heterocycles. The summed E-state index contributed by atoms with van der Waals surface area (Å²) in [5.74, 6) is 0.783. The fraction of sp³-hybridized carbons (Fsp3) is 0.300. The minimum absolute atomic E-state index is 0.191. The summed E-state index contributed by atoms with van der Waals surface area (Å²) in [6.45, 7) is 5.06. The van der Waals surface area contributed by atoms with E-state index in [4.69, 9.17) is 0 Å². The maximum atomic E-state index is 12.1. The van der Waals surface area contributed by atoms with Crippen LogP contribution in [0, 0.1) is 0 Å². The third kappa shape index (κ3) is 5.27. The molecule has 0 radical (unpaired) electrons. The number of piperazine rings is 1. The molecule has 1 aromatic carbocycles. The molecule has 8 nitrogen and oxygen atoms in total. The van der Waals surface area contributed by atoms with Gasteiger partial charge in [-0.1, -0.05) is 0 Å². The molecular weight excluding hydrogens is 386 g/mol. The molecule has 0 aliphatic carbocycles. The van der Waals surface area contributed by atoms with Gasteiger partial charge in [-0.15, -0.1) is 11.3 Å². The van der Waals surface area contributed by atoms with Crippen LogP contribution in [0.4, 0.5) is 16.4 Å². The lowest BCUT2D eigenvalue weighted by molar-refractivity contribution is 0.240. The van der Waals surface area contributed by atoms with Crippen molar-refractivity contribution in [3.05, 3.63) is 54.3 Å².